The molecular formula is C20H21NO5S. The minimum Gasteiger partial charge on any atom is -0.364 e. The molecule has 2 N–H and O–H groups in total. The molecular weight excluding hydrogens is 366 g/mol. The minimum atomic E-state index is -4.02. The van der Waals surface area contributed by atoms with E-state index in [2.05, 4.69) is 4.98 Å². The highest BCUT2D eigenvalue weighted by molar-refractivity contribution is 7.85. The minimum absolute atomic E-state index is 0.0666. The van der Waals surface area contributed by atoms with Crippen molar-refractivity contribution < 1.29 is 17.7 Å². The normalized spacial score (nSPS) is 15.1. The van der Waals surface area contributed by atoms with Crippen molar-refractivity contribution >= 4 is 21.0 Å². The Balaban J connectivity index is 0.000000168. The average Bonchev–Trinajstić information content (AvgIpc) is 2.91. The molecule has 0 atom stereocenters. The summed E-state index contributed by atoms with van der Waals surface area (Å²) in [5.74, 6) is 0. The van der Waals surface area contributed by atoms with Crippen molar-refractivity contribution in [1.29, 1.82) is 0 Å². The van der Waals surface area contributed by atoms with Crippen LogP contribution < -0.4 is 5.43 Å². The van der Waals surface area contributed by atoms with E-state index in [4.69, 9.17) is 9.29 Å². The fraction of sp³-hybridized carbons (Fsp3) is 0.250. The largest absolute Gasteiger partial charge is 0.364 e. The van der Waals surface area contributed by atoms with Crippen molar-refractivity contribution in [3.05, 3.63) is 75.6 Å². The molecule has 0 radical (unpaired) electrons. The van der Waals surface area contributed by atoms with Crippen LogP contribution in [0, 0.1) is 6.92 Å². The lowest BCUT2D eigenvalue weighted by Gasteiger charge is -2.18. The first kappa shape index (κ1) is 19.3. The van der Waals surface area contributed by atoms with Crippen molar-refractivity contribution in [3.8, 4) is 0 Å². The molecule has 27 heavy (non-hydrogen) atoms. The number of benzene rings is 2. The molecule has 3 aromatic rings. The number of aromatic amines is 1. The van der Waals surface area contributed by atoms with Gasteiger partial charge in [0.05, 0.1) is 17.2 Å². The summed E-state index contributed by atoms with van der Waals surface area (Å²) in [5.41, 5.74) is 3.22. The molecule has 1 aliphatic heterocycles. The molecule has 0 fully saturated rings. The molecule has 0 unspecified atom stereocenters. The predicted octanol–water partition coefficient (Wildman–Crippen LogP) is 3.54. The van der Waals surface area contributed by atoms with E-state index in [0.29, 0.717) is 6.61 Å². The van der Waals surface area contributed by atoms with E-state index >= 15 is 0 Å². The molecule has 4 rings (SSSR count). The van der Waals surface area contributed by atoms with E-state index < -0.39 is 15.7 Å². The van der Waals surface area contributed by atoms with Crippen LogP contribution in [0.4, 0.5) is 0 Å². The van der Waals surface area contributed by atoms with Gasteiger partial charge in [-0.1, -0.05) is 29.8 Å². The van der Waals surface area contributed by atoms with Crippen LogP contribution in [0.25, 0.3) is 10.9 Å². The maximum atomic E-state index is 12.2. The summed E-state index contributed by atoms with van der Waals surface area (Å²) in [6.07, 6.45) is 0. The van der Waals surface area contributed by atoms with Crippen LogP contribution >= 0.6 is 0 Å². The summed E-state index contributed by atoms with van der Waals surface area (Å²) in [5, 5.41) is 0.738. The molecule has 1 aliphatic rings. The standard InChI is InChI=1S/C13H13NO2.C7H8O3S/c1-13(2)12-9(7-16-13)11(15)8-5-3-4-6-10(8)14-12;1-6-2-4-7(5-3-6)11(8,9)10/h3-6H,7H2,1-2H3,(H,14,15);2-5H,1H3,(H,8,9,10). The number of ether oxygens (including phenoxy) is 1. The summed E-state index contributed by atoms with van der Waals surface area (Å²) >= 11 is 0. The summed E-state index contributed by atoms with van der Waals surface area (Å²) in [4.78, 5) is 15.5. The monoisotopic (exact) mass is 387 g/mol. The fourth-order valence-electron chi connectivity index (χ4n) is 2.96. The number of nitrogens with one attached hydrogen (secondary N) is 1. The van der Waals surface area contributed by atoms with Gasteiger partial charge in [0.2, 0.25) is 0 Å². The van der Waals surface area contributed by atoms with E-state index in [-0.39, 0.29) is 10.3 Å². The van der Waals surface area contributed by atoms with Crippen LogP contribution in [0.1, 0.15) is 30.7 Å². The molecule has 0 amide bonds. The summed E-state index contributed by atoms with van der Waals surface area (Å²) in [6.45, 7) is 6.20. The van der Waals surface area contributed by atoms with Crippen LogP contribution in [0.3, 0.4) is 0 Å². The number of hydrogen-bond donors (Lipinski definition) is 2. The predicted molar refractivity (Wildman–Crippen MR) is 103 cm³/mol. The zero-order valence-corrected chi connectivity index (χ0v) is 16.1. The Labute approximate surface area is 157 Å². The third kappa shape index (κ3) is 3.95. The number of H-pyrrole nitrogens is 1. The second kappa shape index (κ2) is 6.92. The Kier molecular flexibility index (Phi) is 4.94. The van der Waals surface area contributed by atoms with E-state index in [0.717, 1.165) is 27.7 Å². The first-order valence-corrected chi connectivity index (χ1v) is 9.86. The number of aryl methyl sites for hydroxylation is 1. The zero-order chi connectivity index (χ0) is 19.8. The second-order valence-electron chi connectivity index (χ2n) is 6.94. The SMILES string of the molecule is CC1(C)OCc2c1[nH]c1ccccc1c2=O.Cc1ccc(S(=O)(=O)O)cc1. The van der Waals surface area contributed by atoms with Crippen molar-refractivity contribution in [3.63, 3.8) is 0 Å². The van der Waals surface area contributed by atoms with E-state index in [1.54, 1.807) is 12.1 Å². The van der Waals surface area contributed by atoms with Crippen molar-refractivity contribution in [2.75, 3.05) is 0 Å². The zero-order valence-electron chi connectivity index (χ0n) is 15.3. The Morgan fingerprint density at radius 2 is 1.70 bits per heavy atom. The Bertz CT molecular complexity index is 1150. The lowest BCUT2D eigenvalue weighted by molar-refractivity contribution is -0.0101. The molecule has 6 nitrogen and oxygen atoms in total. The van der Waals surface area contributed by atoms with Gasteiger partial charge in [-0.3, -0.25) is 9.35 Å². The van der Waals surface area contributed by atoms with Crippen LogP contribution in [0.2, 0.25) is 0 Å². The van der Waals surface area contributed by atoms with Gasteiger partial charge in [0.1, 0.15) is 5.60 Å². The molecule has 0 saturated heterocycles. The Hall–Kier alpha value is -2.48. The summed E-state index contributed by atoms with van der Waals surface area (Å²) < 4.78 is 35.2. The molecule has 2 heterocycles. The fourth-order valence-corrected chi connectivity index (χ4v) is 3.44. The van der Waals surface area contributed by atoms with Crippen molar-refractivity contribution in [1.82, 2.24) is 4.98 Å². The average molecular weight is 387 g/mol. The maximum Gasteiger partial charge on any atom is 0.294 e. The molecule has 2 aromatic carbocycles. The van der Waals surface area contributed by atoms with Gasteiger partial charge >= 0.3 is 0 Å². The quantitative estimate of drug-likeness (QED) is 0.623. The number of aromatic nitrogens is 1. The van der Waals surface area contributed by atoms with Gasteiger partial charge in [0, 0.05) is 16.5 Å². The first-order valence-electron chi connectivity index (χ1n) is 8.42. The molecule has 0 spiro atoms. The van der Waals surface area contributed by atoms with Crippen molar-refractivity contribution in [2.45, 2.75) is 37.9 Å². The van der Waals surface area contributed by atoms with Gasteiger partial charge in [-0.15, -0.1) is 0 Å². The molecule has 0 saturated carbocycles. The lowest BCUT2D eigenvalue weighted by atomic mass is 10.0. The summed E-state index contributed by atoms with van der Waals surface area (Å²) in [7, 11) is -4.02. The highest BCUT2D eigenvalue weighted by atomic mass is 32.2. The molecule has 142 valence electrons. The number of pyridine rings is 1. The van der Waals surface area contributed by atoms with Crippen LogP contribution in [-0.2, 0) is 27.1 Å². The highest BCUT2D eigenvalue weighted by Crippen LogP contribution is 2.33. The third-order valence-electron chi connectivity index (χ3n) is 4.51. The smallest absolute Gasteiger partial charge is 0.294 e. The number of rotatable bonds is 1. The van der Waals surface area contributed by atoms with Crippen LogP contribution in [-0.4, -0.2) is 18.0 Å². The van der Waals surface area contributed by atoms with Gasteiger partial charge in [-0.25, -0.2) is 0 Å². The van der Waals surface area contributed by atoms with E-state index in [1.807, 2.05) is 45.0 Å². The number of para-hydroxylation sites is 1. The topological polar surface area (TPSA) is 96.5 Å². The second-order valence-corrected chi connectivity index (χ2v) is 8.36. The third-order valence-corrected chi connectivity index (χ3v) is 5.37. The molecule has 7 heteroatoms. The van der Waals surface area contributed by atoms with E-state index in [1.165, 1.54) is 12.1 Å². The molecule has 0 bridgehead atoms. The van der Waals surface area contributed by atoms with Crippen LogP contribution in [0.5, 0.6) is 0 Å². The molecule has 1 aromatic heterocycles. The lowest BCUT2D eigenvalue weighted by Crippen LogP contribution is -2.18. The number of hydrogen-bond acceptors (Lipinski definition) is 4. The van der Waals surface area contributed by atoms with Crippen molar-refractivity contribution in [2.24, 2.45) is 0 Å². The van der Waals surface area contributed by atoms with Gasteiger partial charge in [-0.05, 0) is 45.0 Å². The first-order chi connectivity index (χ1) is 12.6. The Morgan fingerprint density at radius 3 is 2.33 bits per heavy atom. The van der Waals surface area contributed by atoms with Gasteiger partial charge in [-0.2, -0.15) is 8.42 Å². The van der Waals surface area contributed by atoms with Gasteiger partial charge in [0.25, 0.3) is 10.1 Å². The maximum absolute atomic E-state index is 12.2. The van der Waals surface area contributed by atoms with Gasteiger partial charge < -0.3 is 9.72 Å². The Morgan fingerprint density at radius 1 is 1.07 bits per heavy atom. The summed E-state index contributed by atoms with van der Waals surface area (Å²) in [6, 6.07) is 13.6. The van der Waals surface area contributed by atoms with Crippen LogP contribution in [0.15, 0.2) is 58.2 Å². The number of fused-ring (bicyclic) bond motifs is 2. The van der Waals surface area contributed by atoms with Gasteiger partial charge in [0.15, 0.2) is 5.43 Å². The highest BCUT2D eigenvalue weighted by Gasteiger charge is 2.33. The molecule has 0 aliphatic carbocycles. The van der Waals surface area contributed by atoms with E-state index in [9.17, 15) is 13.2 Å².